The average Bonchev–Trinajstić information content (AvgIpc) is 3.47. The van der Waals surface area contributed by atoms with E-state index in [1.54, 1.807) is 18.6 Å². The summed E-state index contributed by atoms with van der Waals surface area (Å²) in [5, 5.41) is 12.3. The van der Waals surface area contributed by atoms with Crippen molar-refractivity contribution in [3.05, 3.63) is 24.2 Å². The Labute approximate surface area is 258 Å². The van der Waals surface area contributed by atoms with Crippen molar-refractivity contribution in [3.63, 3.8) is 0 Å². The summed E-state index contributed by atoms with van der Waals surface area (Å²) in [7, 11) is 0. The number of furan rings is 1. The second kappa shape index (κ2) is 9.41. The van der Waals surface area contributed by atoms with Gasteiger partial charge in [-0.1, -0.05) is 52.9 Å². The minimum absolute atomic E-state index is 0.0702. The Balaban J connectivity index is 1.20. The van der Waals surface area contributed by atoms with Crippen molar-refractivity contribution in [1.82, 2.24) is 0 Å². The van der Waals surface area contributed by atoms with Crippen LogP contribution >= 0.6 is 0 Å². The molecule has 0 unspecified atom stereocenters. The zero-order chi connectivity index (χ0) is 30.9. The van der Waals surface area contributed by atoms with Crippen LogP contribution in [0.3, 0.4) is 0 Å². The highest BCUT2D eigenvalue weighted by molar-refractivity contribution is 5.92. The highest BCUT2D eigenvalue weighted by Gasteiger charge is 2.90. The van der Waals surface area contributed by atoms with Crippen LogP contribution in [0.2, 0.25) is 0 Å². The molecular weight excluding hydrogens is 564 g/mol. The van der Waals surface area contributed by atoms with Crippen LogP contribution in [0.1, 0.15) is 104 Å². The third kappa shape index (κ3) is 3.39. The monoisotopic (exact) mass is 610 g/mol. The summed E-state index contributed by atoms with van der Waals surface area (Å²) < 4.78 is 30.7. The van der Waals surface area contributed by atoms with Crippen molar-refractivity contribution in [1.29, 1.82) is 0 Å². The summed E-state index contributed by atoms with van der Waals surface area (Å²) in [4.78, 5) is 41.1. The van der Waals surface area contributed by atoms with E-state index < -0.39 is 63.8 Å². The third-order valence-corrected chi connectivity index (χ3v) is 14.1. The number of fused-ring (bicyclic) bond motifs is 1. The molecule has 3 aliphatic carbocycles. The van der Waals surface area contributed by atoms with Gasteiger partial charge in [-0.15, -0.1) is 0 Å². The molecule has 0 amide bonds. The Kier molecular flexibility index (Phi) is 6.24. The lowest BCUT2D eigenvalue weighted by Gasteiger charge is -2.66. The van der Waals surface area contributed by atoms with Gasteiger partial charge in [0, 0.05) is 21.8 Å². The number of carbonyl (C=O) groups excluding carboxylic acids is 3. The van der Waals surface area contributed by atoms with E-state index >= 15 is 0 Å². The maximum absolute atomic E-state index is 14.8. The lowest BCUT2D eigenvalue weighted by molar-refractivity contribution is -0.252. The van der Waals surface area contributed by atoms with Crippen LogP contribution in [0, 0.1) is 39.9 Å². The molecule has 1 N–H and O–H groups in total. The quantitative estimate of drug-likeness (QED) is 0.359. The molecule has 5 heterocycles. The first-order valence-electron chi connectivity index (χ1n) is 16.9. The van der Waals surface area contributed by atoms with Crippen molar-refractivity contribution in [2.45, 2.75) is 128 Å². The van der Waals surface area contributed by atoms with Gasteiger partial charge in [0.25, 0.3) is 0 Å². The number of hydrogen-bond donors (Lipinski definition) is 1. The number of Topliss-reactive ketones (excluding diaryl/α,β-unsaturated/α-hetero) is 1. The number of aliphatic hydroxyl groups is 1. The van der Waals surface area contributed by atoms with Gasteiger partial charge in [0.2, 0.25) is 0 Å². The van der Waals surface area contributed by atoms with Crippen LogP contribution in [-0.2, 0) is 33.3 Å². The predicted octanol–water partition coefficient (Wildman–Crippen LogP) is 5.08. The molecule has 0 aromatic carbocycles. The van der Waals surface area contributed by atoms with E-state index in [0.717, 1.165) is 12.0 Å². The second-order valence-corrected chi connectivity index (χ2v) is 15.9. The average molecular weight is 611 g/mol. The van der Waals surface area contributed by atoms with E-state index in [9.17, 15) is 19.5 Å². The first-order chi connectivity index (χ1) is 20.9. The molecule has 12 atom stereocenters. The Morgan fingerprint density at radius 2 is 1.80 bits per heavy atom. The van der Waals surface area contributed by atoms with E-state index in [1.807, 2.05) is 13.8 Å². The van der Waals surface area contributed by atoms with Gasteiger partial charge < -0.3 is 28.5 Å². The Morgan fingerprint density at radius 1 is 1.02 bits per heavy atom. The normalized spacial score (nSPS) is 50.3. The largest absolute Gasteiger partial charge is 0.472 e. The fraction of sp³-hybridized carbons (Fsp3) is 0.800. The number of aliphatic hydroxyl groups excluding tert-OH is 1. The lowest BCUT2D eigenvalue weighted by Crippen LogP contribution is -2.76. The number of esters is 2. The topological polar surface area (TPSA) is 125 Å². The molecule has 1 aromatic heterocycles. The molecular formula is C35H46O9. The van der Waals surface area contributed by atoms with Crippen LogP contribution in [0.15, 0.2) is 23.0 Å². The molecule has 1 aromatic rings. The second-order valence-electron chi connectivity index (χ2n) is 15.9. The van der Waals surface area contributed by atoms with Gasteiger partial charge in [0.05, 0.1) is 36.6 Å². The first-order valence-corrected chi connectivity index (χ1v) is 16.9. The first kappa shape index (κ1) is 29.2. The van der Waals surface area contributed by atoms with E-state index in [4.69, 9.17) is 23.4 Å². The highest BCUT2D eigenvalue weighted by Crippen LogP contribution is 2.80. The number of carbonyl (C=O) groups is 3. The SMILES string of the molecule is C[C@H](CC[C@]1(C)O[C@H]2CC(=O)OC[C@]23[C@H]2CC[C@@]4(C)[C@H](c5ccoc5)OC(=O)[C@H]5O[C@]54[C@]2(C)[C@H](O)C(=O)[C@@H]31)C1CCCCC1. The lowest BCUT2D eigenvalue weighted by atomic mass is 9.36. The molecule has 7 fully saturated rings. The Morgan fingerprint density at radius 3 is 2.52 bits per heavy atom. The van der Waals surface area contributed by atoms with Crippen LogP contribution in [-0.4, -0.2) is 58.9 Å². The standard InChI is InChI=1S/C35H46O9/c1-19(20-8-6-5-7-9-20)10-14-32(3)26-25(37)27(38)33(4)22(34(26)18-41-24(36)16-23(34)43-32)11-13-31(2)28(21-12-15-40-17-21)42-30(39)29-35(31,33)44-29/h12,15,17,19-20,22-23,26-29,38H,5-11,13-14,16,18H2,1-4H3/t19-,22+,23+,26-,27-,28+,29-,31+,32+,33+,34+,35-/m1/s1. The van der Waals surface area contributed by atoms with Gasteiger partial charge in [-0.05, 0) is 56.4 Å². The number of epoxide rings is 1. The number of hydrogen-bond acceptors (Lipinski definition) is 9. The fourth-order valence-corrected chi connectivity index (χ4v) is 12.0. The molecule has 7 aliphatic rings. The van der Waals surface area contributed by atoms with Gasteiger partial charge in [0.1, 0.15) is 24.4 Å². The van der Waals surface area contributed by atoms with Crippen molar-refractivity contribution in [2.75, 3.05) is 6.61 Å². The van der Waals surface area contributed by atoms with E-state index in [-0.39, 0.29) is 30.7 Å². The van der Waals surface area contributed by atoms with Gasteiger partial charge in [0.15, 0.2) is 11.9 Å². The van der Waals surface area contributed by atoms with Gasteiger partial charge >= 0.3 is 11.9 Å². The van der Waals surface area contributed by atoms with Crippen LogP contribution in [0.25, 0.3) is 0 Å². The maximum atomic E-state index is 14.8. The summed E-state index contributed by atoms with van der Waals surface area (Å²) in [6, 6.07) is 1.80. The minimum Gasteiger partial charge on any atom is -0.472 e. The molecule has 4 saturated heterocycles. The number of rotatable bonds is 5. The van der Waals surface area contributed by atoms with Crippen LogP contribution in [0.5, 0.6) is 0 Å². The number of cyclic esters (lactones) is 2. The van der Waals surface area contributed by atoms with Gasteiger partial charge in [-0.25, -0.2) is 4.79 Å². The van der Waals surface area contributed by atoms with Crippen molar-refractivity contribution in [3.8, 4) is 0 Å². The summed E-state index contributed by atoms with van der Waals surface area (Å²) in [5.41, 5.74) is -3.90. The summed E-state index contributed by atoms with van der Waals surface area (Å²) in [6.45, 7) is 8.41. The van der Waals surface area contributed by atoms with Gasteiger partial charge in [-0.2, -0.15) is 0 Å². The van der Waals surface area contributed by atoms with E-state index in [1.165, 1.54) is 32.1 Å². The predicted molar refractivity (Wildman–Crippen MR) is 155 cm³/mol. The molecule has 8 rings (SSSR count). The number of ether oxygens (including phenoxy) is 4. The van der Waals surface area contributed by atoms with Crippen molar-refractivity contribution < 1.29 is 42.9 Å². The number of ketones is 1. The molecule has 9 heteroatoms. The zero-order valence-corrected chi connectivity index (χ0v) is 26.3. The fourth-order valence-electron chi connectivity index (χ4n) is 12.0. The third-order valence-electron chi connectivity index (χ3n) is 14.1. The summed E-state index contributed by atoms with van der Waals surface area (Å²) in [6.07, 6.45) is 9.06. The molecule has 9 nitrogen and oxygen atoms in total. The van der Waals surface area contributed by atoms with Crippen molar-refractivity contribution in [2.24, 2.45) is 39.9 Å². The molecule has 4 aliphatic heterocycles. The van der Waals surface area contributed by atoms with E-state index in [0.29, 0.717) is 31.1 Å². The van der Waals surface area contributed by atoms with Crippen molar-refractivity contribution >= 4 is 17.7 Å². The smallest absolute Gasteiger partial charge is 0.339 e. The molecule has 0 radical (unpaired) electrons. The zero-order valence-electron chi connectivity index (χ0n) is 26.3. The van der Waals surface area contributed by atoms with Gasteiger partial charge in [-0.3, -0.25) is 9.59 Å². The highest BCUT2D eigenvalue weighted by atomic mass is 16.7. The molecule has 240 valence electrons. The Hall–Kier alpha value is -2.23. The van der Waals surface area contributed by atoms with Crippen LogP contribution < -0.4 is 0 Å². The molecule has 2 spiro atoms. The van der Waals surface area contributed by atoms with Crippen LogP contribution in [0.4, 0.5) is 0 Å². The maximum Gasteiger partial charge on any atom is 0.339 e. The molecule has 44 heavy (non-hydrogen) atoms. The van der Waals surface area contributed by atoms with E-state index in [2.05, 4.69) is 13.8 Å². The summed E-state index contributed by atoms with van der Waals surface area (Å²) >= 11 is 0. The summed E-state index contributed by atoms with van der Waals surface area (Å²) in [5.74, 6) is -0.798. The minimum atomic E-state index is -1.38. The Bertz CT molecular complexity index is 1370. The molecule has 0 bridgehead atoms. The molecule has 3 saturated carbocycles.